The largest absolute Gasteiger partial charge is 0.493 e. The van der Waals surface area contributed by atoms with Gasteiger partial charge in [0.15, 0.2) is 0 Å². The van der Waals surface area contributed by atoms with Crippen molar-refractivity contribution in [3.8, 4) is 5.75 Å². The Morgan fingerprint density at radius 3 is 2.35 bits per heavy atom. The van der Waals surface area contributed by atoms with Crippen LogP contribution in [0.15, 0.2) is 53.4 Å². The normalized spacial score (nSPS) is 13.0. The maximum absolute atomic E-state index is 12.8. The highest BCUT2D eigenvalue weighted by molar-refractivity contribution is 7.89. The van der Waals surface area contributed by atoms with Gasteiger partial charge in [0.1, 0.15) is 5.75 Å². The predicted octanol–water partition coefficient (Wildman–Crippen LogP) is 5.03. The molecule has 0 spiro atoms. The van der Waals surface area contributed by atoms with Gasteiger partial charge >= 0.3 is 0 Å². The van der Waals surface area contributed by atoms with Crippen LogP contribution in [0, 0.1) is 0 Å². The van der Waals surface area contributed by atoms with Crippen LogP contribution in [-0.2, 0) is 10.0 Å². The Hall–Kier alpha value is -1.85. The Bertz CT molecular complexity index is 801. The first-order chi connectivity index (χ1) is 12.3. The number of nitrogens with one attached hydrogen (secondary N) is 1. The van der Waals surface area contributed by atoms with Crippen molar-refractivity contribution in [2.45, 2.75) is 57.4 Å². The summed E-state index contributed by atoms with van der Waals surface area (Å²) < 4.78 is 34.2. The Kier molecular flexibility index (Phi) is 7.23. The van der Waals surface area contributed by atoms with Gasteiger partial charge in [0.05, 0.1) is 11.5 Å². The Balaban J connectivity index is 2.24. The van der Waals surface area contributed by atoms with Crippen LogP contribution < -0.4 is 9.46 Å². The number of unbranched alkanes of at least 4 members (excludes halogenated alkanes) is 1. The third kappa shape index (κ3) is 5.32. The standard InChI is InChI=1S/C21H29NO3S/c1-5-6-14-25-21-13-12-19(15-20(21)16(2)3)26(23,24)22-17(4)18-10-8-7-9-11-18/h7-13,15-17,22H,5-6,14H2,1-4H3. The van der Waals surface area contributed by atoms with E-state index in [0.29, 0.717) is 6.61 Å². The van der Waals surface area contributed by atoms with Gasteiger partial charge in [-0.05, 0) is 48.6 Å². The van der Waals surface area contributed by atoms with Crippen LogP contribution in [0.25, 0.3) is 0 Å². The minimum absolute atomic E-state index is 0.174. The van der Waals surface area contributed by atoms with Crippen LogP contribution in [0.2, 0.25) is 0 Å². The fourth-order valence-electron chi connectivity index (χ4n) is 2.71. The summed E-state index contributed by atoms with van der Waals surface area (Å²) in [7, 11) is -3.61. The Labute approximate surface area is 157 Å². The van der Waals surface area contributed by atoms with Gasteiger partial charge in [-0.2, -0.15) is 0 Å². The summed E-state index contributed by atoms with van der Waals surface area (Å²) in [4.78, 5) is 0.270. The van der Waals surface area contributed by atoms with Crippen molar-refractivity contribution in [1.29, 1.82) is 0 Å². The second-order valence-electron chi connectivity index (χ2n) is 6.81. The SMILES string of the molecule is CCCCOc1ccc(S(=O)(=O)NC(C)c2ccccc2)cc1C(C)C. The number of hydrogen-bond acceptors (Lipinski definition) is 3. The minimum Gasteiger partial charge on any atom is -0.493 e. The summed E-state index contributed by atoms with van der Waals surface area (Å²) in [5.74, 6) is 0.942. The molecule has 0 saturated carbocycles. The van der Waals surface area contributed by atoms with E-state index in [-0.39, 0.29) is 16.9 Å². The van der Waals surface area contributed by atoms with Crippen molar-refractivity contribution in [3.05, 3.63) is 59.7 Å². The van der Waals surface area contributed by atoms with Crippen molar-refractivity contribution < 1.29 is 13.2 Å². The van der Waals surface area contributed by atoms with Crippen LogP contribution in [0.3, 0.4) is 0 Å². The highest BCUT2D eigenvalue weighted by Crippen LogP contribution is 2.30. The number of hydrogen-bond donors (Lipinski definition) is 1. The lowest BCUT2D eigenvalue weighted by Gasteiger charge is -2.18. The van der Waals surface area contributed by atoms with Crippen LogP contribution in [0.4, 0.5) is 0 Å². The topological polar surface area (TPSA) is 55.4 Å². The second kappa shape index (κ2) is 9.19. The zero-order valence-corrected chi connectivity index (χ0v) is 16.8. The molecule has 4 nitrogen and oxygen atoms in total. The lowest BCUT2D eigenvalue weighted by Crippen LogP contribution is -2.27. The van der Waals surface area contributed by atoms with E-state index >= 15 is 0 Å². The molecular formula is C21H29NO3S. The molecule has 142 valence electrons. The number of rotatable bonds is 9. The second-order valence-corrected chi connectivity index (χ2v) is 8.52. The first-order valence-electron chi connectivity index (χ1n) is 9.19. The minimum atomic E-state index is -3.61. The molecule has 2 rings (SSSR count). The third-order valence-electron chi connectivity index (χ3n) is 4.30. The van der Waals surface area contributed by atoms with Crippen LogP contribution in [-0.4, -0.2) is 15.0 Å². The van der Waals surface area contributed by atoms with Crippen molar-refractivity contribution in [2.75, 3.05) is 6.61 Å². The lowest BCUT2D eigenvalue weighted by molar-refractivity contribution is 0.305. The monoisotopic (exact) mass is 375 g/mol. The molecule has 0 aliphatic rings. The van der Waals surface area contributed by atoms with Gasteiger partial charge in [-0.15, -0.1) is 0 Å². The smallest absolute Gasteiger partial charge is 0.241 e. The van der Waals surface area contributed by atoms with E-state index in [0.717, 1.165) is 29.7 Å². The molecule has 0 radical (unpaired) electrons. The molecular weight excluding hydrogens is 346 g/mol. The molecule has 0 fully saturated rings. The van der Waals surface area contributed by atoms with Gasteiger partial charge in [0, 0.05) is 6.04 Å². The fourth-order valence-corrected chi connectivity index (χ4v) is 3.98. The zero-order chi connectivity index (χ0) is 19.2. The molecule has 0 bridgehead atoms. The predicted molar refractivity (Wildman–Crippen MR) is 106 cm³/mol. The van der Waals surface area contributed by atoms with E-state index < -0.39 is 10.0 Å². The lowest BCUT2D eigenvalue weighted by atomic mass is 10.0. The molecule has 0 aliphatic carbocycles. The maximum Gasteiger partial charge on any atom is 0.241 e. The number of sulfonamides is 1. The van der Waals surface area contributed by atoms with Gasteiger partial charge in [-0.25, -0.2) is 13.1 Å². The average molecular weight is 376 g/mol. The van der Waals surface area contributed by atoms with Crippen molar-refractivity contribution in [3.63, 3.8) is 0 Å². The average Bonchev–Trinajstić information content (AvgIpc) is 2.62. The first-order valence-corrected chi connectivity index (χ1v) is 10.7. The zero-order valence-electron chi connectivity index (χ0n) is 16.0. The van der Waals surface area contributed by atoms with E-state index in [2.05, 4.69) is 11.6 Å². The molecule has 1 unspecified atom stereocenters. The van der Waals surface area contributed by atoms with E-state index in [1.807, 2.05) is 51.1 Å². The molecule has 0 heterocycles. The Morgan fingerprint density at radius 2 is 1.73 bits per heavy atom. The van der Waals surface area contributed by atoms with E-state index in [9.17, 15) is 8.42 Å². The molecule has 0 amide bonds. The maximum atomic E-state index is 12.8. The summed E-state index contributed by atoms with van der Waals surface area (Å²) in [5.41, 5.74) is 1.84. The summed E-state index contributed by atoms with van der Waals surface area (Å²) in [6.45, 7) is 8.68. The van der Waals surface area contributed by atoms with Crippen molar-refractivity contribution in [2.24, 2.45) is 0 Å². The molecule has 2 aromatic carbocycles. The summed E-state index contributed by atoms with van der Waals surface area (Å²) >= 11 is 0. The molecule has 5 heteroatoms. The molecule has 0 saturated heterocycles. The number of ether oxygens (including phenoxy) is 1. The first kappa shape index (κ1) is 20.5. The molecule has 26 heavy (non-hydrogen) atoms. The van der Waals surface area contributed by atoms with Gasteiger partial charge < -0.3 is 4.74 Å². The van der Waals surface area contributed by atoms with E-state index in [4.69, 9.17) is 4.74 Å². The van der Waals surface area contributed by atoms with Gasteiger partial charge in [-0.1, -0.05) is 57.5 Å². The Morgan fingerprint density at radius 1 is 1.04 bits per heavy atom. The fraction of sp³-hybridized carbons (Fsp3) is 0.429. The van der Waals surface area contributed by atoms with E-state index in [1.54, 1.807) is 18.2 Å². The highest BCUT2D eigenvalue weighted by Gasteiger charge is 2.21. The summed E-state index contributed by atoms with van der Waals surface area (Å²) in [6.07, 6.45) is 2.04. The van der Waals surface area contributed by atoms with Gasteiger partial charge in [0.25, 0.3) is 0 Å². The van der Waals surface area contributed by atoms with Crippen LogP contribution in [0.1, 0.15) is 63.6 Å². The summed E-state index contributed by atoms with van der Waals surface area (Å²) in [5, 5.41) is 0. The quantitative estimate of drug-likeness (QED) is 0.626. The molecule has 1 N–H and O–H groups in total. The van der Waals surface area contributed by atoms with Gasteiger partial charge in [0.2, 0.25) is 10.0 Å². The third-order valence-corrected chi connectivity index (χ3v) is 5.84. The molecule has 0 aromatic heterocycles. The van der Waals surface area contributed by atoms with Crippen LogP contribution in [0.5, 0.6) is 5.75 Å². The molecule has 2 aromatic rings. The van der Waals surface area contributed by atoms with Crippen LogP contribution >= 0.6 is 0 Å². The van der Waals surface area contributed by atoms with Gasteiger partial charge in [-0.3, -0.25) is 0 Å². The molecule has 1 atom stereocenters. The highest BCUT2D eigenvalue weighted by atomic mass is 32.2. The van der Waals surface area contributed by atoms with E-state index in [1.165, 1.54) is 0 Å². The molecule has 0 aliphatic heterocycles. The summed E-state index contributed by atoms with van der Waals surface area (Å²) in [6, 6.07) is 14.4. The number of benzene rings is 2. The van der Waals surface area contributed by atoms with Crippen molar-refractivity contribution in [1.82, 2.24) is 4.72 Å². The van der Waals surface area contributed by atoms with Crippen molar-refractivity contribution >= 4 is 10.0 Å².